The van der Waals surface area contributed by atoms with Crippen LogP contribution >= 0.6 is 0 Å². The van der Waals surface area contributed by atoms with E-state index in [1.807, 2.05) is 0 Å². The van der Waals surface area contributed by atoms with Crippen molar-refractivity contribution < 1.29 is 34.3 Å². The second-order valence-corrected chi connectivity index (χ2v) is 0.493. The predicted octanol–water partition coefficient (Wildman–Crippen LogP) is -1.06. The van der Waals surface area contributed by atoms with Gasteiger partial charge in [0.2, 0.25) is 0 Å². The second-order valence-electron chi connectivity index (χ2n) is 0.0833. The molecule has 24 valence electrons. The van der Waals surface area contributed by atoms with Gasteiger partial charge in [-0.2, -0.15) is 0 Å². The number of rotatable bonds is 0. The third-order valence-corrected chi connectivity index (χ3v) is 0. The van der Waals surface area contributed by atoms with Gasteiger partial charge in [0.1, 0.15) is 0 Å². The van der Waals surface area contributed by atoms with Crippen molar-refractivity contribution in [3.8, 4) is 0 Å². The molecular weight excluding hydrogens is 139 g/mol. The molecule has 0 atom stereocenters. The molecule has 0 heterocycles. The standard InChI is InChI=1S/H2O.2O.Zr/h1H2;;;. The van der Waals surface area contributed by atoms with Crippen molar-refractivity contribution >= 4 is 0 Å². The summed E-state index contributed by atoms with van der Waals surface area (Å²) in [6, 6.07) is 0. The van der Waals surface area contributed by atoms with Crippen molar-refractivity contribution in [2.24, 2.45) is 0 Å². The van der Waals surface area contributed by atoms with Crippen LogP contribution in [0.1, 0.15) is 0 Å². The molecule has 0 saturated heterocycles. The first kappa shape index (κ1) is 8.82. The minimum atomic E-state index is -2.27. The average molecular weight is 141 g/mol. The van der Waals surface area contributed by atoms with Crippen molar-refractivity contribution in [1.29, 1.82) is 0 Å². The molecule has 3 nitrogen and oxygen atoms in total. The molecule has 0 unspecified atom stereocenters. The van der Waals surface area contributed by atoms with E-state index in [0.29, 0.717) is 0 Å². The van der Waals surface area contributed by atoms with E-state index < -0.39 is 23.2 Å². The third kappa shape index (κ3) is 25.9. The van der Waals surface area contributed by atoms with Crippen molar-refractivity contribution in [2.75, 3.05) is 0 Å². The zero-order chi connectivity index (χ0) is 2.71. The molecule has 4 heteroatoms. The maximum atomic E-state index is 8.54. The molecular formula is H2O3Zr. The van der Waals surface area contributed by atoms with Crippen LogP contribution in [0.2, 0.25) is 0 Å². The van der Waals surface area contributed by atoms with Crippen LogP contribution < -0.4 is 0 Å². The topological polar surface area (TPSA) is 65.6 Å². The Hall–Kier alpha value is 0.443. The number of hydrogen-bond acceptors (Lipinski definition) is 2. The molecule has 0 spiro atoms. The summed E-state index contributed by atoms with van der Waals surface area (Å²) in [5, 5.41) is 0. The van der Waals surface area contributed by atoms with Gasteiger partial charge in [0, 0.05) is 0 Å². The fourth-order valence-electron chi connectivity index (χ4n) is 0. The summed E-state index contributed by atoms with van der Waals surface area (Å²) in [5.74, 6) is 0. The molecule has 0 rings (SSSR count). The Morgan fingerprint density at radius 2 is 1.25 bits per heavy atom. The van der Waals surface area contributed by atoms with Crippen molar-refractivity contribution in [2.45, 2.75) is 0 Å². The van der Waals surface area contributed by atoms with Gasteiger partial charge in [-0.15, -0.1) is 0 Å². The fraction of sp³-hybridized carbons (Fsp3) is 0. The van der Waals surface area contributed by atoms with Crippen molar-refractivity contribution in [1.82, 2.24) is 0 Å². The first-order valence-electron chi connectivity index (χ1n) is 0.408. The Morgan fingerprint density at radius 1 is 1.25 bits per heavy atom. The van der Waals surface area contributed by atoms with E-state index >= 15 is 0 Å². The minimum absolute atomic E-state index is 0. The summed E-state index contributed by atoms with van der Waals surface area (Å²) in [7, 11) is 0. The Morgan fingerprint density at radius 3 is 1.25 bits per heavy atom. The molecule has 0 amide bonds. The molecule has 0 aliphatic rings. The van der Waals surface area contributed by atoms with Gasteiger partial charge < -0.3 is 5.48 Å². The van der Waals surface area contributed by atoms with Crippen molar-refractivity contribution in [3.05, 3.63) is 0 Å². The van der Waals surface area contributed by atoms with Gasteiger partial charge in [0.05, 0.1) is 0 Å². The van der Waals surface area contributed by atoms with E-state index in [-0.39, 0.29) is 5.48 Å². The molecule has 0 aromatic heterocycles. The number of hydrogen-bond donors (Lipinski definition) is 0. The maximum absolute atomic E-state index is 8.54. The van der Waals surface area contributed by atoms with Gasteiger partial charge >= 0.3 is 28.9 Å². The zero-order valence-electron chi connectivity index (χ0n) is 1.82. The second kappa shape index (κ2) is 9.87. The van der Waals surface area contributed by atoms with E-state index in [2.05, 4.69) is 0 Å². The summed E-state index contributed by atoms with van der Waals surface area (Å²) in [6.07, 6.45) is 0. The van der Waals surface area contributed by atoms with Gasteiger partial charge in [0.15, 0.2) is 0 Å². The molecule has 0 fully saturated rings. The van der Waals surface area contributed by atoms with Crippen LogP contribution in [0.25, 0.3) is 0 Å². The van der Waals surface area contributed by atoms with Crippen LogP contribution in [0.4, 0.5) is 0 Å². The molecule has 0 aliphatic carbocycles. The molecule has 4 heavy (non-hydrogen) atoms. The normalized spacial score (nSPS) is 2.00. The van der Waals surface area contributed by atoms with Gasteiger partial charge in [0.25, 0.3) is 0 Å². The molecule has 2 N–H and O–H groups in total. The summed E-state index contributed by atoms with van der Waals surface area (Å²) in [4.78, 5) is 0. The van der Waals surface area contributed by atoms with Gasteiger partial charge in [-0.1, -0.05) is 0 Å². The van der Waals surface area contributed by atoms with Crippen molar-refractivity contribution in [3.63, 3.8) is 0 Å². The van der Waals surface area contributed by atoms with Crippen LogP contribution in [0.15, 0.2) is 0 Å². The third-order valence-electron chi connectivity index (χ3n) is 0. The SMILES string of the molecule is O.[O]=[Zr]=[O]. The van der Waals surface area contributed by atoms with Gasteiger partial charge in [-0.3, -0.25) is 0 Å². The van der Waals surface area contributed by atoms with Crippen LogP contribution in [-0.2, 0) is 28.9 Å². The Labute approximate surface area is 34.8 Å². The molecule has 0 radical (unpaired) electrons. The Balaban J connectivity index is 0. The molecule has 0 bridgehead atoms. The van der Waals surface area contributed by atoms with E-state index in [0.717, 1.165) is 0 Å². The van der Waals surface area contributed by atoms with E-state index in [1.54, 1.807) is 0 Å². The van der Waals surface area contributed by atoms with E-state index in [1.165, 1.54) is 0 Å². The first-order chi connectivity index (χ1) is 1.41. The Kier molecular flexibility index (Phi) is 21.8. The first-order valence-corrected chi connectivity index (χ1v) is 2.42. The summed E-state index contributed by atoms with van der Waals surface area (Å²) in [6.45, 7) is 0. The Bertz CT molecular complexity index is 24.3. The summed E-state index contributed by atoms with van der Waals surface area (Å²) in [5.41, 5.74) is 0. The monoisotopic (exact) mass is 140 g/mol. The zero-order valence-corrected chi connectivity index (χ0v) is 4.27. The van der Waals surface area contributed by atoms with Crippen LogP contribution in [0.5, 0.6) is 0 Å². The molecule has 0 saturated carbocycles. The summed E-state index contributed by atoms with van der Waals surface area (Å²) < 4.78 is 17.1. The summed E-state index contributed by atoms with van der Waals surface area (Å²) >= 11 is -2.27. The van der Waals surface area contributed by atoms with E-state index in [4.69, 9.17) is 5.63 Å². The molecule has 0 aromatic rings. The average Bonchev–Trinajstić information content (AvgIpc) is 0.918. The van der Waals surface area contributed by atoms with Crippen LogP contribution in [0, 0.1) is 0 Å². The van der Waals surface area contributed by atoms with Crippen LogP contribution in [-0.4, -0.2) is 5.48 Å². The molecule has 0 aliphatic heterocycles. The van der Waals surface area contributed by atoms with E-state index in [9.17, 15) is 0 Å². The van der Waals surface area contributed by atoms with Gasteiger partial charge in [-0.25, -0.2) is 0 Å². The molecule has 0 aromatic carbocycles. The quantitative estimate of drug-likeness (QED) is 0.431. The van der Waals surface area contributed by atoms with Gasteiger partial charge in [-0.05, 0) is 0 Å². The fourth-order valence-corrected chi connectivity index (χ4v) is 0. The van der Waals surface area contributed by atoms with Crippen LogP contribution in [0.3, 0.4) is 0 Å². The predicted molar refractivity (Wildman–Crippen MR) is 4.99 cm³/mol.